The number of piperidine rings is 1. The van der Waals surface area contributed by atoms with Crippen molar-refractivity contribution in [1.82, 2.24) is 4.90 Å². The number of rotatable bonds is 6. The molecule has 2 saturated heterocycles. The van der Waals surface area contributed by atoms with Crippen LogP contribution in [0.2, 0.25) is 5.02 Å². The Hall–Kier alpha value is -3.38. The fraction of sp³-hybridized carbons (Fsp3) is 0.370. The fourth-order valence-corrected chi connectivity index (χ4v) is 4.85. The molecule has 8 nitrogen and oxygen atoms in total. The van der Waals surface area contributed by atoms with Crippen molar-refractivity contribution in [3.05, 3.63) is 64.8 Å². The minimum absolute atomic E-state index is 0.248. The third kappa shape index (κ3) is 6.24. The maximum atomic E-state index is 12.9. The molecule has 2 aromatic rings. The Kier molecular flexibility index (Phi) is 8.60. The van der Waals surface area contributed by atoms with E-state index in [0.29, 0.717) is 33.7 Å². The lowest BCUT2D eigenvalue weighted by molar-refractivity contribution is -0.112. The molecule has 36 heavy (non-hydrogen) atoms. The first-order chi connectivity index (χ1) is 17.5. The third-order valence-electron chi connectivity index (χ3n) is 6.67. The SMILES string of the molecule is CC(=Nc1ccc(Cl)cc1)C(=CN)C(=O)Nc1ccc(N2CCC(N3CCOCC3)CC2)c(C#N)c1. The highest BCUT2D eigenvalue weighted by molar-refractivity contribution is 6.30. The van der Waals surface area contributed by atoms with Crippen LogP contribution in [0.5, 0.6) is 0 Å². The summed E-state index contributed by atoms with van der Waals surface area (Å²) >= 11 is 5.93. The number of halogens is 1. The molecule has 2 aromatic carbocycles. The highest BCUT2D eigenvalue weighted by atomic mass is 35.5. The first kappa shape index (κ1) is 25.7. The Bertz CT molecular complexity index is 1170. The summed E-state index contributed by atoms with van der Waals surface area (Å²) in [5.41, 5.74) is 9.09. The number of nitriles is 1. The molecule has 9 heteroatoms. The lowest BCUT2D eigenvalue weighted by atomic mass is 10.0. The van der Waals surface area contributed by atoms with E-state index in [-0.39, 0.29) is 5.57 Å². The molecule has 0 aliphatic carbocycles. The van der Waals surface area contributed by atoms with Crippen molar-refractivity contribution in [1.29, 1.82) is 5.26 Å². The van der Waals surface area contributed by atoms with Crippen LogP contribution in [0, 0.1) is 11.3 Å². The molecule has 0 bridgehead atoms. The highest BCUT2D eigenvalue weighted by Crippen LogP contribution is 2.28. The van der Waals surface area contributed by atoms with E-state index < -0.39 is 5.91 Å². The van der Waals surface area contributed by atoms with Crippen molar-refractivity contribution in [2.24, 2.45) is 10.7 Å². The third-order valence-corrected chi connectivity index (χ3v) is 6.92. The number of morpholine rings is 1. The number of carbonyl (C=O) groups excluding carboxylic acids is 1. The lowest BCUT2D eigenvalue weighted by Gasteiger charge is -2.41. The monoisotopic (exact) mass is 506 g/mol. The maximum Gasteiger partial charge on any atom is 0.258 e. The van der Waals surface area contributed by atoms with E-state index in [1.165, 1.54) is 6.20 Å². The molecule has 188 valence electrons. The minimum Gasteiger partial charge on any atom is -0.404 e. The van der Waals surface area contributed by atoms with Gasteiger partial charge in [0.1, 0.15) is 6.07 Å². The second-order valence-electron chi connectivity index (χ2n) is 8.92. The molecular weight excluding hydrogens is 476 g/mol. The zero-order valence-corrected chi connectivity index (χ0v) is 21.2. The normalized spacial score (nSPS) is 18.1. The Morgan fingerprint density at radius 1 is 1.17 bits per heavy atom. The summed E-state index contributed by atoms with van der Waals surface area (Å²) in [4.78, 5) is 22.2. The number of amides is 1. The molecule has 3 N–H and O–H groups in total. The molecular formula is C27H31ClN6O2. The van der Waals surface area contributed by atoms with Gasteiger partial charge in [-0.3, -0.25) is 14.7 Å². The second kappa shape index (κ2) is 12.0. The van der Waals surface area contributed by atoms with Crippen LogP contribution < -0.4 is 16.0 Å². The zero-order valence-electron chi connectivity index (χ0n) is 20.4. The summed E-state index contributed by atoms with van der Waals surface area (Å²) < 4.78 is 5.48. The maximum absolute atomic E-state index is 12.9. The molecule has 0 atom stereocenters. The standard InChI is InChI=1S/C27H31ClN6O2/c1-19(31-22-4-2-21(28)3-5-22)25(18-30)27(35)32-23-6-7-26(20(16-23)17-29)34-10-8-24(9-11-34)33-12-14-36-15-13-33/h2-7,16,18,24H,8-15,30H2,1H3,(H,32,35). The van der Waals surface area contributed by atoms with Crippen molar-refractivity contribution in [2.45, 2.75) is 25.8 Å². The predicted molar refractivity (Wildman–Crippen MR) is 144 cm³/mol. The molecule has 2 aliphatic heterocycles. The van der Waals surface area contributed by atoms with Crippen LogP contribution in [0.3, 0.4) is 0 Å². The van der Waals surface area contributed by atoms with Gasteiger partial charge in [-0.15, -0.1) is 0 Å². The zero-order chi connectivity index (χ0) is 25.5. The summed E-state index contributed by atoms with van der Waals surface area (Å²) in [5.74, 6) is -0.393. The first-order valence-electron chi connectivity index (χ1n) is 12.1. The van der Waals surface area contributed by atoms with Gasteiger partial charge < -0.3 is 20.7 Å². The van der Waals surface area contributed by atoms with Gasteiger partial charge in [0.2, 0.25) is 0 Å². The van der Waals surface area contributed by atoms with Crippen LogP contribution in [0.4, 0.5) is 17.1 Å². The van der Waals surface area contributed by atoms with E-state index in [1.54, 1.807) is 37.3 Å². The van der Waals surface area contributed by atoms with E-state index >= 15 is 0 Å². The van der Waals surface area contributed by atoms with E-state index in [1.807, 2.05) is 12.1 Å². The molecule has 0 saturated carbocycles. The number of aliphatic imine (C=N–C) groups is 1. The molecule has 2 heterocycles. The molecule has 2 aliphatic rings. The first-order valence-corrected chi connectivity index (χ1v) is 12.5. The lowest BCUT2D eigenvalue weighted by Crippen LogP contribution is -2.49. The average Bonchev–Trinajstić information content (AvgIpc) is 2.91. The van der Waals surface area contributed by atoms with Crippen molar-refractivity contribution in [2.75, 3.05) is 49.6 Å². The van der Waals surface area contributed by atoms with Gasteiger partial charge in [-0.25, -0.2) is 0 Å². The number of hydrogen-bond donors (Lipinski definition) is 2. The summed E-state index contributed by atoms with van der Waals surface area (Å²) in [5, 5.41) is 13.3. The van der Waals surface area contributed by atoms with E-state index in [4.69, 9.17) is 22.1 Å². The molecule has 0 spiro atoms. The van der Waals surface area contributed by atoms with Crippen LogP contribution in [0.1, 0.15) is 25.3 Å². The number of anilines is 2. The number of hydrogen-bond acceptors (Lipinski definition) is 7. The highest BCUT2D eigenvalue weighted by Gasteiger charge is 2.27. The van der Waals surface area contributed by atoms with Crippen LogP contribution in [0.15, 0.2) is 59.2 Å². The van der Waals surface area contributed by atoms with Gasteiger partial charge in [0.25, 0.3) is 5.91 Å². The Morgan fingerprint density at radius 2 is 1.86 bits per heavy atom. The van der Waals surface area contributed by atoms with Crippen molar-refractivity contribution in [3.63, 3.8) is 0 Å². The molecule has 0 unspecified atom stereocenters. The average molecular weight is 507 g/mol. The smallest absolute Gasteiger partial charge is 0.258 e. The van der Waals surface area contributed by atoms with Gasteiger partial charge in [-0.2, -0.15) is 5.26 Å². The molecule has 0 radical (unpaired) electrons. The Balaban J connectivity index is 1.41. The van der Waals surface area contributed by atoms with Crippen molar-refractivity contribution < 1.29 is 9.53 Å². The minimum atomic E-state index is -0.393. The van der Waals surface area contributed by atoms with Crippen molar-refractivity contribution >= 4 is 40.3 Å². The fourth-order valence-electron chi connectivity index (χ4n) is 4.72. The Morgan fingerprint density at radius 3 is 2.50 bits per heavy atom. The van der Waals surface area contributed by atoms with E-state index in [2.05, 4.69) is 26.2 Å². The number of carbonyl (C=O) groups is 1. The summed E-state index contributed by atoms with van der Waals surface area (Å²) in [6.07, 6.45) is 3.35. The van der Waals surface area contributed by atoms with Gasteiger partial charge in [-0.05, 0) is 62.2 Å². The van der Waals surface area contributed by atoms with E-state index in [0.717, 1.165) is 57.9 Å². The Labute approximate surface area is 217 Å². The van der Waals surface area contributed by atoms with Gasteiger partial charge >= 0.3 is 0 Å². The number of benzene rings is 2. The molecule has 4 rings (SSSR count). The van der Waals surface area contributed by atoms with Crippen LogP contribution >= 0.6 is 11.6 Å². The van der Waals surface area contributed by atoms with Crippen molar-refractivity contribution in [3.8, 4) is 6.07 Å². The molecule has 1 amide bonds. The number of nitrogens with zero attached hydrogens (tertiary/aromatic N) is 4. The topological polar surface area (TPSA) is 107 Å². The number of nitrogens with two attached hydrogens (primary N) is 1. The van der Waals surface area contributed by atoms with Crippen LogP contribution in [-0.2, 0) is 9.53 Å². The summed E-state index contributed by atoms with van der Waals surface area (Å²) in [7, 11) is 0. The van der Waals surface area contributed by atoms with Gasteiger partial charge in [0.15, 0.2) is 0 Å². The van der Waals surface area contributed by atoms with E-state index in [9.17, 15) is 10.1 Å². The number of ether oxygens (including phenoxy) is 1. The quantitative estimate of drug-likeness (QED) is 0.451. The second-order valence-corrected chi connectivity index (χ2v) is 9.35. The molecule has 0 aromatic heterocycles. The summed E-state index contributed by atoms with van der Waals surface area (Å²) in [6, 6.07) is 15.3. The molecule has 2 fully saturated rings. The van der Waals surface area contributed by atoms with Gasteiger partial charge in [0, 0.05) is 49.1 Å². The van der Waals surface area contributed by atoms with Gasteiger partial charge in [0.05, 0.1) is 41.4 Å². The predicted octanol–water partition coefficient (Wildman–Crippen LogP) is 4.09. The summed E-state index contributed by atoms with van der Waals surface area (Å²) in [6.45, 7) is 7.10. The van der Waals surface area contributed by atoms with Crippen LogP contribution in [-0.4, -0.2) is 62.0 Å². The number of nitrogens with one attached hydrogen (secondary N) is 1. The van der Waals surface area contributed by atoms with Gasteiger partial charge in [-0.1, -0.05) is 11.6 Å². The largest absolute Gasteiger partial charge is 0.404 e. The van der Waals surface area contributed by atoms with Crippen LogP contribution in [0.25, 0.3) is 0 Å².